The molecule has 14 heavy (non-hydrogen) atoms. The van der Waals surface area contributed by atoms with Crippen molar-refractivity contribution in [2.75, 3.05) is 0 Å². The minimum absolute atomic E-state index is 0.233. The van der Waals surface area contributed by atoms with E-state index in [9.17, 15) is 18.0 Å². The number of alkyl halides is 3. The van der Waals surface area contributed by atoms with Crippen molar-refractivity contribution >= 4 is 5.91 Å². The molecule has 2 aliphatic rings. The summed E-state index contributed by atoms with van der Waals surface area (Å²) in [6.45, 7) is 0. The number of hydrogen-bond donors (Lipinski definition) is 1. The molecule has 1 N–H and O–H groups in total. The van der Waals surface area contributed by atoms with E-state index < -0.39 is 12.1 Å². The Balaban J connectivity index is 1.90. The van der Waals surface area contributed by atoms with Crippen LogP contribution < -0.4 is 5.32 Å². The molecule has 0 aromatic heterocycles. The molecule has 2 nitrogen and oxygen atoms in total. The predicted molar refractivity (Wildman–Crippen MR) is 43.4 cm³/mol. The van der Waals surface area contributed by atoms with Gasteiger partial charge in [0.05, 0.1) is 0 Å². The Morgan fingerprint density at radius 1 is 1.21 bits per heavy atom. The molecule has 0 heterocycles. The largest absolute Gasteiger partial charge is 0.471 e. The topological polar surface area (TPSA) is 29.1 Å². The van der Waals surface area contributed by atoms with Gasteiger partial charge in [0.25, 0.3) is 0 Å². The van der Waals surface area contributed by atoms with E-state index in [4.69, 9.17) is 0 Å². The van der Waals surface area contributed by atoms with Gasteiger partial charge in [-0.15, -0.1) is 0 Å². The van der Waals surface area contributed by atoms with Crippen LogP contribution >= 0.6 is 0 Å². The summed E-state index contributed by atoms with van der Waals surface area (Å²) >= 11 is 0. The lowest BCUT2D eigenvalue weighted by molar-refractivity contribution is -0.174. The number of carbonyl (C=O) groups excluding carboxylic acids is 1. The van der Waals surface area contributed by atoms with Crippen molar-refractivity contribution in [1.82, 2.24) is 5.32 Å². The highest BCUT2D eigenvalue weighted by molar-refractivity contribution is 5.82. The first kappa shape index (κ1) is 9.80. The first-order chi connectivity index (χ1) is 6.47. The summed E-state index contributed by atoms with van der Waals surface area (Å²) in [5.74, 6) is -0.958. The summed E-state index contributed by atoms with van der Waals surface area (Å²) in [6.07, 6.45) is -0.937. The summed E-state index contributed by atoms with van der Waals surface area (Å²) < 4.78 is 35.8. The second-order valence-electron chi connectivity index (χ2n) is 4.25. The molecule has 2 bridgehead atoms. The second-order valence-corrected chi connectivity index (χ2v) is 4.25. The number of halogens is 3. The van der Waals surface area contributed by atoms with Gasteiger partial charge in [-0.1, -0.05) is 6.42 Å². The van der Waals surface area contributed by atoms with Crippen molar-refractivity contribution in [3.8, 4) is 0 Å². The van der Waals surface area contributed by atoms with E-state index >= 15 is 0 Å². The number of rotatable bonds is 1. The maximum atomic E-state index is 11.9. The fourth-order valence-corrected chi connectivity index (χ4v) is 2.67. The van der Waals surface area contributed by atoms with Crippen LogP contribution in [0, 0.1) is 11.8 Å². The second kappa shape index (κ2) is 3.14. The Morgan fingerprint density at radius 3 is 2.36 bits per heavy atom. The molecule has 0 aromatic carbocycles. The third-order valence-electron chi connectivity index (χ3n) is 3.31. The fourth-order valence-electron chi connectivity index (χ4n) is 2.67. The van der Waals surface area contributed by atoms with Crippen LogP contribution in [0.15, 0.2) is 0 Å². The molecule has 3 unspecified atom stereocenters. The van der Waals surface area contributed by atoms with E-state index in [1.54, 1.807) is 0 Å². The third kappa shape index (κ3) is 1.72. The lowest BCUT2D eigenvalue weighted by atomic mass is 9.95. The first-order valence-electron chi connectivity index (χ1n) is 4.84. The molecular weight excluding hydrogens is 195 g/mol. The van der Waals surface area contributed by atoms with Crippen molar-refractivity contribution < 1.29 is 18.0 Å². The van der Waals surface area contributed by atoms with Gasteiger partial charge in [0.1, 0.15) is 0 Å². The summed E-state index contributed by atoms with van der Waals surface area (Å²) in [4.78, 5) is 10.7. The molecule has 2 aliphatic carbocycles. The number of fused-ring (bicyclic) bond motifs is 2. The summed E-state index contributed by atoms with van der Waals surface area (Å²) in [6, 6.07) is -0.233. The van der Waals surface area contributed by atoms with Crippen molar-refractivity contribution in [3.63, 3.8) is 0 Å². The Labute approximate surface area is 79.9 Å². The minimum atomic E-state index is -4.73. The number of hydrogen-bond acceptors (Lipinski definition) is 1. The molecule has 2 rings (SSSR count). The highest BCUT2D eigenvalue weighted by Gasteiger charge is 2.45. The van der Waals surface area contributed by atoms with Crippen molar-refractivity contribution in [1.29, 1.82) is 0 Å². The molecule has 0 spiro atoms. The van der Waals surface area contributed by atoms with Gasteiger partial charge in [-0.2, -0.15) is 13.2 Å². The lowest BCUT2D eigenvalue weighted by Gasteiger charge is -2.23. The molecule has 0 aromatic rings. The molecule has 2 saturated carbocycles. The van der Waals surface area contributed by atoms with Gasteiger partial charge in [0.15, 0.2) is 0 Å². The van der Waals surface area contributed by atoms with Crippen LogP contribution in [0.25, 0.3) is 0 Å². The van der Waals surface area contributed by atoms with Crippen LogP contribution in [0.3, 0.4) is 0 Å². The SMILES string of the molecule is O=C(NC1CC2CCC1C2)C(F)(F)F. The molecule has 0 radical (unpaired) electrons. The highest BCUT2D eigenvalue weighted by atomic mass is 19.4. The lowest BCUT2D eigenvalue weighted by Crippen LogP contribution is -2.45. The van der Waals surface area contributed by atoms with Crippen LogP contribution in [-0.2, 0) is 4.79 Å². The zero-order valence-electron chi connectivity index (χ0n) is 7.60. The zero-order valence-corrected chi connectivity index (χ0v) is 7.60. The average Bonchev–Trinajstić information content (AvgIpc) is 2.62. The maximum Gasteiger partial charge on any atom is 0.471 e. The summed E-state index contributed by atoms with van der Waals surface area (Å²) in [7, 11) is 0. The van der Waals surface area contributed by atoms with Gasteiger partial charge >= 0.3 is 12.1 Å². The molecule has 0 aliphatic heterocycles. The van der Waals surface area contributed by atoms with Crippen LogP contribution in [0.2, 0.25) is 0 Å². The standard InChI is InChI=1S/C9H12F3NO/c10-9(11,12)8(14)13-7-4-5-1-2-6(7)3-5/h5-7H,1-4H2,(H,13,14). The molecular formula is C9H12F3NO. The third-order valence-corrected chi connectivity index (χ3v) is 3.31. The zero-order chi connectivity index (χ0) is 10.3. The molecule has 5 heteroatoms. The van der Waals surface area contributed by atoms with E-state index in [1.807, 2.05) is 0 Å². The van der Waals surface area contributed by atoms with Gasteiger partial charge in [-0.25, -0.2) is 0 Å². The minimum Gasteiger partial charge on any atom is -0.345 e. The Morgan fingerprint density at radius 2 is 1.93 bits per heavy atom. The predicted octanol–water partition coefficient (Wildman–Crippen LogP) is 1.85. The van der Waals surface area contributed by atoms with E-state index in [1.165, 1.54) is 0 Å². The van der Waals surface area contributed by atoms with E-state index in [0.717, 1.165) is 25.7 Å². The first-order valence-corrected chi connectivity index (χ1v) is 4.84. The normalized spacial score (nSPS) is 36.1. The van der Waals surface area contributed by atoms with E-state index in [0.29, 0.717) is 5.92 Å². The molecule has 80 valence electrons. The smallest absolute Gasteiger partial charge is 0.345 e. The molecule has 2 fully saturated rings. The van der Waals surface area contributed by atoms with Crippen LogP contribution in [0.5, 0.6) is 0 Å². The fraction of sp³-hybridized carbons (Fsp3) is 0.889. The van der Waals surface area contributed by atoms with Crippen molar-refractivity contribution in [2.45, 2.75) is 37.9 Å². The Hall–Kier alpha value is -0.740. The van der Waals surface area contributed by atoms with E-state index in [-0.39, 0.29) is 12.0 Å². The van der Waals surface area contributed by atoms with Crippen molar-refractivity contribution in [2.24, 2.45) is 11.8 Å². The quantitative estimate of drug-likeness (QED) is 0.698. The summed E-state index contributed by atoms with van der Waals surface area (Å²) in [5.41, 5.74) is 0. The Kier molecular flexibility index (Phi) is 2.20. The average molecular weight is 207 g/mol. The molecule has 1 amide bonds. The van der Waals surface area contributed by atoms with Gasteiger partial charge in [0, 0.05) is 6.04 Å². The van der Waals surface area contributed by atoms with Gasteiger partial charge in [-0.05, 0) is 31.1 Å². The van der Waals surface area contributed by atoms with Gasteiger partial charge in [0.2, 0.25) is 0 Å². The van der Waals surface area contributed by atoms with Gasteiger partial charge in [-0.3, -0.25) is 4.79 Å². The monoisotopic (exact) mass is 207 g/mol. The highest BCUT2D eigenvalue weighted by Crippen LogP contribution is 2.44. The van der Waals surface area contributed by atoms with Gasteiger partial charge < -0.3 is 5.32 Å². The number of carbonyl (C=O) groups is 1. The number of nitrogens with one attached hydrogen (secondary N) is 1. The molecule has 3 atom stereocenters. The molecule has 0 saturated heterocycles. The summed E-state index contributed by atoms with van der Waals surface area (Å²) in [5, 5.41) is 2.09. The van der Waals surface area contributed by atoms with Crippen LogP contribution in [0.4, 0.5) is 13.2 Å². The van der Waals surface area contributed by atoms with Crippen molar-refractivity contribution in [3.05, 3.63) is 0 Å². The maximum absolute atomic E-state index is 11.9. The number of amides is 1. The Bertz CT molecular complexity index is 251. The van der Waals surface area contributed by atoms with Crippen LogP contribution in [-0.4, -0.2) is 18.1 Å². The van der Waals surface area contributed by atoms with E-state index in [2.05, 4.69) is 5.32 Å². The van der Waals surface area contributed by atoms with Crippen LogP contribution in [0.1, 0.15) is 25.7 Å².